The molecule has 0 bridgehead atoms. The van der Waals surface area contributed by atoms with Gasteiger partial charge in [0.05, 0.1) is 18.5 Å². The van der Waals surface area contributed by atoms with Gasteiger partial charge in [-0.25, -0.2) is 9.98 Å². The van der Waals surface area contributed by atoms with Crippen LogP contribution in [0.3, 0.4) is 0 Å². The molecule has 6 aliphatic rings. The summed E-state index contributed by atoms with van der Waals surface area (Å²) in [5.41, 5.74) is 2.39. The predicted octanol–water partition coefficient (Wildman–Crippen LogP) is 5.26. The van der Waals surface area contributed by atoms with Crippen LogP contribution in [0, 0.1) is 23.7 Å². The molecule has 0 N–H and O–H groups in total. The standard InChI is InChI=1S/C45H62N2O2.2BrH.Ni/c1-7-19-34(20-8-1)31-40-44(36-23-11-3-12-24-36,37-25-13-4-14-26-37)48-42(46-40)33-43-47-41(32-35-21-9-2-10-22-35)45(49-43,38-27-15-5-16-28-38)39-29-17-6-18-30-39;;;/h1-2,7-10,19-22,36-41H,3-6,11-18,23-33H2;2*1H;/q;;;+2/p-2/t40-,41-;;;/m1.../s1. The molecule has 4 aliphatic carbocycles. The molecule has 0 amide bonds. The van der Waals surface area contributed by atoms with Crippen LogP contribution in [0.2, 0.25) is 0 Å². The van der Waals surface area contributed by atoms with Crippen molar-refractivity contribution in [3.05, 3.63) is 71.8 Å². The molecule has 4 nitrogen and oxygen atoms in total. The Balaban J connectivity index is 0.00000174. The van der Waals surface area contributed by atoms with E-state index in [9.17, 15) is 0 Å². The first-order valence-corrected chi connectivity index (χ1v) is 20.8. The molecule has 7 heteroatoms. The van der Waals surface area contributed by atoms with Crippen molar-refractivity contribution in [2.24, 2.45) is 33.7 Å². The van der Waals surface area contributed by atoms with E-state index in [1.54, 1.807) is 0 Å². The van der Waals surface area contributed by atoms with Gasteiger partial charge in [0.2, 0.25) is 0 Å². The van der Waals surface area contributed by atoms with Crippen LogP contribution in [0.15, 0.2) is 70.6 Å². The Hall–Kier alpha value is -1.17. The second-order valence-electron chi connectivity index (χ2n) is 16.9. The van der Waals surface area contributed by atoms with Crippen molar-refractivity contribution in [3.63, 3.8) is 0 Å². The molecule has 8 rings (SSSR count). The van der Waals surface area contributed by atoms with Gasteiger partial charge in [-0.1, -0.05) is 138 Å². The second kappa shape index (κ2) is 19.6. The summed E-state index contributed by atoms with van der Waals surface area (Å²) in [6, 6.07) is 22.6. The summed E-state index contributed by atoms with van der Waals surface area (Å²) in [5, 5.41) is 0. The molecule has 2 aromatic carbocycles. The quantitative estimate of drug-likeness (QED) is 0.306. The fourth-order valence-corrected chi connectivity index (χ4v) is 11.8. The number of hydrogen-bond acceptors (Lipinski definition) is 4. The van der Waals surface area contributed by atoms with Crippen LogP contribution in [0.4, 0.5) is 0 Å². The average molecular weight is 882 g/mol. The Kier molecular flexibility index (Phi) is 15.8. The Labute approximate surface area is 346 Å². The Morgan fingerprint density at radius 2 is 0.731 bits per heavy atom. The van der Waals surface area contributed by atoms with Crippen LogP contribution in [0.25, 0.3) is 0 Å². The summed E-state index contributed by atoms with van der Waals surface area (Å²) in [4.78, 5) is 11.3. The number of benzene rings is 2. The van der Waals surface area contributed by atoms with E-state index in [0.717, 1.165) is 24.6 Å². The van der Waals surface area contributed by atoms with Crippen LogP contribution < -0.4 is 34.0 Å². The van der Waals surface area contributed by atoms with Gasteiger partial charge >= 0.3 is 16.5 Å². The number of rotatable bonds is 10. The first kappa shape index (κ1) is 42.0. The maximum atomic E-state index is 7.58. The summed E-state index contributed by atoms with van der Waals surface area (Å²) >= 11 is 0. The molecular weight excluding hydrogens is 819 g/mol. The number of aliphatic imine (C=N–C) groups is 2. The molecule has 2 aliphatic heterocycles. The summed E-state index contributed by atoms with van der Waals surface area (Å²) in [5.74, 6) is 4.19. The third-order valence-corrected chi connectivity index (χ3v) is 14.0. The van der Waals surface area contributed by atoms with Crippen molar-refractivity contribution in [3.8, 4) is 0 Å². The Bertz CT molecular complexity index is 1270. The van der Waals surface area contributed by atoms with Crippen molar-refractivity contribution in [1.29, 1.82) is 0 Å². The molecule has 0 radical (unpaired) electrons. The SMILES string of the molecule is [Br-].[Br-].[Ni+2].c1ccc(C[C@H]2N=C(CC3=N[C@H](Cc4ccccc4)C(C4CCCCC4)(C4CCCCC4)O3)OC2(C2CCCCC2)C2CCCCC2)cc1. The van der Waals surface area contributed by atoms with Gasteiger partial charge in [0.1, 0.15) is 11.2 Å². The number of nitrogens with zero attached hydrogens (tertiary/aromatic N) is 2. The Morgan fingerprint density at radius 1 is 0.442 bits per heavy atom. The fraction of sp³-hybridized carbons (Fsp3) is 0.689. The van der Waals surface area contributed by atoms with Crippen LogP contribution in [-0.4, -0.2) is 35.1 Å². The van der Waals surface area contributed by atoms with E-state index >= 15 is 0 Å². The second-order valence-corrected chi connectivity index (χ2v) is 16.9. The molecule has 0 aromatic heterocycles. The van der Waals surface area contributed by atoms with Crippen molar-refractivity contribution in [2.45, 2.75) is 171 Å². The van der Waals surface area contributed by atoms with Gasteiger partial charge in [0.25, 0.3) is 0 Å². The predicted molar refractivity (Wildman–Crippen MR) is 201 cm³/mol. The molecule has 4 saturated carbocycles. The first-order chi connectivity index (χ1) is 24.2. The summed E-state index contributed by atoms with van der Waals surface area (Å²) in [6.07, 6.45) is 29.0. The smallest absolute Gasteiger partial charge is 1.00 e. The van der Waals surface area contributed by atoms with Gasteiger partial charge in [0.15, 0.2) is 11.8 Å². The maximum absolute atomic E-state index is 7.58. The molecule has 2 atom stereocenters. The zero-order valence-corrected chi connectivity index (χ0v) is 35.4. The van der Waals surface area contributed by atoms with E-state index in [2.05, 4.69) is 60.7 Å². The minimum Gasteiger partial charge on any atom is -1.00 e. The molecule has 0 saturated heterocycles. The van der Waals surface area contributed by atoms with Crippen molar-refractivity contribution in [2.75, 3.05) is 0 Å². The third kappa shape index (κ3) is 8.78. The molecular formula is C45H62Br2N2NiO2. The topological polar surface area (TPSA) is 43.2 Å². The van der Waals surface area contributed by atoms with Gasteiger partial charge in [0, 0.05) is 23.7 Å². The van der Waals surface area contributed by atoms with Gasteiger partial charge in [-0.2, -0.15) is 0 Å². The molecule has 2 heterocycles. The zero-order valence-electron chi connectivity index (χ0n) is 31.3. The van der Waals surface area contributed by atoms with Crippen molar-refractivity contribution >= 4 is 11.8 Å². The zero-order chi connectivity index (χ0) is 32.9. The molecule has 0 unspecified atom stereocenters. The van der Waals surface area contributed by atoms with Gasteiger partial charge < -0.3 is 43.4 Å². The maximum Gasteiger partial charge on any atom is 2.00 e. The van der Waals surface area contributed by atoms with Crippen molar-refractivity contribution < 1.29 is 59.9 Å². The van der Waals surface area contributed by atoms with E-state index in [1.807, 2.05) is 0 Å². The van der Waals surface area contributed by atoms with Gasteiger partial charge in [-0.05, 0) is 75.3 Å². The fourth-order valence-electron chi connectivity index (χ4n) is 11.8. The van der Waals surface area contributed by atoms with Crippen LogP contribution in [-0.2, 0) is 38.8 Å². The number of halogens is 2. The van der Waals surface area contributed by atoms with Gasteiger partial charge in [-0.15, -0.1) is 0 Å². The van der Waals surface area contributed by atoms with E-state index in [-0.39, 0.29) is 73.7 Å². The molecule has 288 valence electrons. The van der Waals surface area contributed by atoms with E-state index in [0.29, 0.717) is 30.1 Å². The largest absolute Gasteiger partial charge is 2.00 e. The minimum absolute atomic E-state index is 0. The minimum atomic E-state index is -0.196. The monoisotopic (exact) mass is 878 g/mol. The van der Waals surface area contributed by atoms with Crippen molar-refractivity contribution in [1.82, 2.24) is 0 Å². The van der Waals surface area contributed by atoms with E-state index < -0.39 is 0 Å². The average Bonchev–Trinajstić information content (AvgIpc) is 3.72. The Morgan fingerprint density at radius 3 is 1.02 bits per heavy atom. The van der Waals surface area contributed by atoms with E-state index in [1.165, 1.54) is 140 Å². The summed E-state index contributed by atoms with van der Waals surface area (Å²) < 4.78 is 15.2. The van der Waals surface area contributed by atoms with Crippen LogP contribution in [0.5, 0.6) is 0 Å². The van der Waals surface area contributed by atoms with E-state index in [4.69, 9.17) is 19.5 Å². The molecule has 52 heavy (non-hydrogen) atoms. The third-order valence-electron chi connectivity index (χ3n) is 14.0. The summed E-state index contributed by atoms with van der Waals surface area (Å²) in [6.45, 7) is 0. The van der Waals surface area contributed by atoms with Crippen LogP contribution >= 0.6 is 0 Å². The molecule has 2 aromatic rings. The molecule has 4 fully saturated rings. The first-order valence-electron chi connectivity index (χ1n) is 20.8. The van der Waals surface area contributed by atoms with Crippen LogP contribution in [0.1, 0.15) is 146 Å². The number of hydrogen-bond donors (Lipinski definition) is 0. The normalized spacial score (nSPS) is 26.8. The van der Waals surface area contributed by atoms with Gasteiger partial charge in [-0.3, -0.25) is 0 Å². The molecule has 0 spiro atoms. The summed E-state index contributed by atoms with van der Waals surface area (Å²) in [7, 11) is 0. The number of ether oxygens (including phenoxy) is 2.